The van der Waals surface area contributed by atoms with Gasteiger partial charge in [-0.15, -0.1) is 0 Å². The number of para-hydroxylation sites is 1. The summed E-state index contributed by atoms with van der Waals surface area (Å²) < 4.78 is 0. The summed E-state index contributed by atoms with van der Waals surface area (Å²) >= 11 is 0. The van der Waals surface area contributed by atoms with Gasteiger partial charge >= 0.3 is 0 Å². The summed E-state index contributed by atoms with van der Waals surface area (Å²) in [6, 6.07) is 12.0. The Kier molecular flexibility index (Phi) is 6.02. The Morgan fingerprint density at radius 2 is 1.62 bits per heavy atom. The fourth-order valence-electron chi connectivity index (χ4n) is 2.68. The van der Waals surface area contributed by atoms with Crippen LogP contribution < -0.4 is 0 Å². The molecular formula is C21H26N2O. The predicted octanol–water partition coefficient (Wildman–Crippen LogP) is 5.48. The van der Waals surface area contributed by atoms with Crippen LogP contribution in [0.15, 0.2) is 41.4 Å². The molecule has 0 aliphatic carbocycles. The summed E-state index contributed by atoms with van der Waals surface area (Å²) in [4.78, 5) is 20.6. The Bertz CT molecular complexity index is 719. The molecule has 0 fully saturated rings. The van der Waals surface area contributed by atoms with E-state index in [1.54, 1.807) is 6.07 Å². The summed E-state index contributed by atoms with van der Waals surface area (Å²) in [5, 5.41) is 0. The minimum Gasteiger partial charge on any atom is -0.293 e. The molecule has 0 bridgehead atoms. The van der Waals surface area contributed by atoms with E-state index in [4.69, 9.17) is 4.99 Å². The molecule has 1 aromatic heterocycles. The van der Waals surface area contributed by atoms with Gasteiger partial charge in [-0.3, -0.25) is 9.79 Å². The standard InChI is InChI=1S/C21H26N2O/c1-14(2)18-9-7-10-19(15(3)4)21(18)22-13-12-17-8-6-11-20(23-17)16(5)24/h6-11,13-15H,12H2,1-5H3. The summed E-state index contributed by atoms with van der Waals surface area (Å²) in [6.07, 6.45) is 2.52. The van der Waals surface area contributed by atoms with Crippen LogP contribution in [0.3, 0.4) is 0 Å². The highest BCUT2D eigenvalue weighted by atomic mass is 16.1. The van der Waals surface area contributed by atoms with Gasteiger partial charge in [0.15, 0.2) is 5.78 Å². The molecule has 3 nitrogen and oxygen atoms in total. The van der Waals surface area contributed by atoms with Gasteiger partial charge in [0.05, 0.1) is 5.69 Å². The quantitative estimate of drug-likeness (QED) is 0.522. The lowest BCUT2D eigenvalue weighted by atomic mass is 9.93. The Morgan fingerprint density at radius 3 is 2.17 bits per heavy atom. The van der Waals surface area contributed by atoms with Crippen molar-refractivity contribution in [1.29, 1.82) is 0 Å². The molecule has 0 spiro atoms. The van der Waals surface area contributed by atoms with Crippen LogP contribution in [0.25, 0.3) is 0 Å². The molecule has 0 atom stereocenters. The number of nitrogens with zero attached hydrogens (tertiary/aromatic N) is 2. The predicted molar refractivity (Wildman–Crippen MR) is 101 cm³/mol. The number of aromatic nitrogens is 1. The zero-order valence-electron chi connectivity index (χ0n) is 15.2. The average Bonchev–Trinajstić information content (AvgIpc) is 2.54. The highest BCUT2D eigenvalue weighted by molar-refractivity contribution is 5.92. The van der Waals surface area contributed by atoms with E-state index in [0.717, 1.165) is 11.4 Å². The van der Waals surface area contributed by atoms with Gasteiger partial charge in [-0.2, -0.15) is 0 Å². The summed E-state index contributed by atoms with van der Waals surface area (Å²) in [7, 11) is 0. The second-order valence-electron chi connectivity index (χ2n) is 6.68. The summed E-state index contributed by atoms with van der Waals surface area (Å²) in [5.74, 6) is 0.839. The largest absolute Gasteiger partial charge is 0.293 e. The molecule has 2 rings (SSSR count). The maximum absolute atomic E-state index is 11.4. The second kappa shape index (κ2) is 8.00. The average molecular weight is 322 g/mol. The van der Waals surface area contributed by atoms with E-state index in [-0.39, 0.29) is 5.78 Å². The molecule has 0 saturated heterocycles. The normalized spacial score (nSPS) is 11.6. The lowest BCUT2D eigenvalue weighted by Gasteiger charge is -2.16. The molecule has 0 saturated carbocycles. The third kappa shape index (κ3) is 4.38. The van der Waals surface area contributed by atoms with E-state index < -0.39 is 0 Å². The fourth-order valence-corrected chi connectivity index (χ4v) is 2.68. The van der Waals surface area contributed by atoms with Crippen LogP contribution in [-0.4, -0.2) is 17.0 Å². The first-order chi connectivity index (χ1) is 11.4. The first-order valence-electron chi connectivity index (χ1n) is 8.52. The van der Waals surface area contributed by atoms with Crippen LogP contribution in [0.1, 0.15) is 73.8 Å². The molecule has 0 N–H and O–H groups in total. The van der Waals surface area contributed by atoms with Gasteiger partial charge in [-0.1, -0.05) is 52.0 Å². The van der Waals surface area contributed by atoms with E-state index in [1.807, 2.05) is 18.3 Å². The van der Waals surface area contributed by atoms with Gasteiger partial charge in [0.1, 0.15) is 5.69 Å². The third-order valence-corrected chi connectivity index (χ3v) is 4.03. The van der Waals surface area contributed by atoms with Crippen molar-refractivity contribution in [3.05, 3.63) is 58.9 Å². The second-order valence-corrected chi connectivity index (χ2v) is 6.68. The topological polar surface area (TPSA) is 42.3 Å². The molecular weight excluding hydrogens is 296 g/mol. The molecule has 3 heteroatoms. The van der Waals surface area contributed by atoms with Crippen molar-refractivity contribution in [2.45, 2.75) is 52.9 Å². The zero-order chi connectivity index (χ0) is 17.7. The van der Waals surface area contributed by atoms with Gasteiger partial charge in [-0.05, 0) is 35.1 Å². The highest BCUT2D eigenvalue weighted by Crippen LogP contribution is 2.34. The first-order valence-corrected chi connectivity index (χ1v) is 8.52. The van der Waals surface area contributed by atoms with Crippen molar-refractivity contribution in [2.75, 3.05) is 0 Å². The maximum atomic E-state index is 11.4. The SMILES string of the molecule is CC(=O)c1cccc(CC=Nc2c(C(C)C)cccc2C(C)C)n1. The smallest absolute Gasteiger partial charge is 0.178 e. The summed E-state index contributed by atoms with van der Waals surface area (Å²) in [5.41, 5.74) is 4.97. The van der Waals surface area contributed by atoms with Crippen LogP contribution in [-0.2, 0) is 6.42 Å². The number of aliphatic imine (C=N–C) groups is 1. The number of ketones is 1. The molecule has 0 aliphatic rings. The Balaban J connectivity index is 2.28. The van der Waals surface area contributed by atoms with Crippen molar-refractivity contribution < 1.29 is 4.79 Å². The monoisotopic (exact) mass is 322 g/mol. The number of rotatable bonds is 6. The van der Waals surface area contributed by atoms with Gasteiger partial charge in [-0.25, -0.2) is 4.98 Å². The molecule has 0 radical (unpaired) electrons. The number of Topliss-reactive ketones (excluding diaryl/α,β-unsaturated/α-hetero) is 1. The van der Waals surface area contributed by atoms with Gasteiger partial charge in [0, 0.05) is 25.3 Å². The van der Waals surface area contributed by atoms with Crippen molar-refractivity contribution in [3.63, 3.8) is 0 Å². The number of carbonyl (C=O) groups excluding carboxylic acids is 1. The minimum absolute atomic E-state index is 0.0129. The molecule has 126 valence electrons. The molecule has 1 aromatic carbocycles. The lowest BCUT2D eigenvalue weighted by molar-refractivity contribution is 0.101. The fraction of sp³-hybridized carbons (Fsp3) is 0.381. The van der Waals surface area contributed by atoms with E-state index in [9.17, 15) is 4.79 Å². The van der Waals surface area contributed by atoms with Crippen molar-refractivity contribution in [3.8, 4) is 0 Å². The Labute approximate surface area is 144 Å². The van der Waals surface area contributed by atoms with Crippen LogP contribution in [0.4, 0.5) is 5.69 Å². The van der Waals surface area contributed by atoms with E-state index >= 15 is 0 Å². The maximum Gasteiger partial charge on any atom is 0.178 e. The van der Waals surface area contributed by atoms with Gasteiger partial charge in [0.25, 0.3) is 0 Å². The van der Waals surface area contributed by atoms with Crippen molar-refractivity contribution >= 4 is 17.7 Å². The lowest BCUT2D eigenvalue weighted by Crippen LogP contribution is -2.00. The van der Waals surface area contributed by atoms with Crippen LogP contribution in [0, 0.1) is 0 Å². The van der Waals surface area contributed by atoms with Crippen molar-refractivity contribution in [2.24, 2.45) is 4.99 Å². The van der Waals surface area contributed by atoms with Crippen LogP contribution >= 0.6 is 0 Å². The van der Waals surface area contributed by atoms with Crippen LogP contribution in [0.2, 0.25) is 0 Å². The van der Waals surface area contributed by atoms with E-state index in [0.29, 0.717) is 24.0 Å². The molecule has 2 aromatic rings. The van der Waals surface area contributed by atoms with Crippen LogP contribution in [0.5, 0.6) is 0 Å². The summed E-state index contributed by atoms with van der Waals surface area (Å²) in [6.45, 7) is 10.3. The Morgan fingerprint density at radius 1 is 1.04 bits per heavy atom. The number of pyridine rings is 1. The molecule has 0 aliphatic heterocycles. The number of benzene rings is 1. The van der Waals surface area contributed by atoms with E-state index in [1.165, 1.54) is 18.1 Å². The van der Waals surface area contributed by atoms with E-state index in [2.05, 4.69) is 50.9 Å². The third-order valence-electron chi connectivity index (χ3n) is 4.03. The van der Waals surface area contributed by atoms with Gasteiger partial charge in [0.2, 0.25) is 0 Å². The number of hydrogen-bond donors (Lipinski definition) is 0. The minimum atomic E-state index is -0.0129. The number of carbonyl (C=O) groups is 1. The van der Waals surface area contributed by atoms with Gasteiger partial charge < -0.3 is 0 Å². The van der Waals surface area contributed by atoms with Crippen molar-refractivity contribution in [1.82, 2.24) is 4.98 Å². The molecule has 1 heterocycles. The number of hydrogen-bond acceptors (Lipinski definition) is 3. The highest BCUT2D eigenvalue weighted by Gasteiger charge is 2.12. The first kappa shape index (κ1) is 18.1. The Hall–Kier alpha value is -2.29. The molecule has 0 amide bonds. The zero-order valence-corrected chi connectivity index (χ0v) is 15.2. The molecule has 0 unspecified atom stereocenters. The molecule has 24 heavy (non-hydrogen) atoms.